The summed E-state index contributed by atoms with van der Waals surface area (Å²) in [4.78, 5) is 57.1. The van der Waals surface area contributed by atoms with Crippen molar-refractivity contribution in [2.24, 2.45) is 17.3 Å². The van der Waals surface area contributed by atoms with E-state index in [0.717, 1.165) is 0 Å². The van der Waals surface area contributed by atoms with Crippen molar-refractivity contribution in [1.82, 2.24) is 0 Å². The molecule has 1 saturated carbocycles. The zero-order valence-corrected chi connectivity index (χ0v) is 10.8. The van der Waals surface area contributed by atoms with Crippen LogP contribution in [0.2, 0.25) is 0 Å². The summed E-state index contributed by atoms with van der Waals surface area (Å²) < 4.78 is 0. The van der Waals surface area contributed by atoms with Crippen molar-refractivity contribution in [3.05, 3.63) is 0 Å². The Morgan fingerprint density at radius 1 is 0.952 bits per heavy atom. The Bertz CT molecular complexity index is 479. The van der Waals surface area contributed by atoms with Gasteiger partial charge in [-0.1, -0.05) is 6.42 Å². The summed E-state index contributed by atoms with van der Waals surface area (Å²) in [5.41, 5.74) is -3.21. The molecule has 1 aliphatic rings. The summed E-state index contributed by atoms with van der Waals surface area (Å²) in [6.07, 6.45) is 0.480. The van der Waals surface area contributed by atoms with Gasteiger partial charge >= 0.3 is 23.9 Å². The van der Waals surface area contributed by atoms with Crippen LogP contribution in [0.5, 0.6) is 0 Å². The molecule has 0 spiro atoms. The predicted molar refractivity (Wildman–Crippen MR) is 63.4 cm³/mol. The molecule has 0 aliphatic heterocycles. The topological polar surface area (TPSA) is 166 Å². The van der Waals surface area contributed by atoms with Crippen LogP contribution in [-0.4, -0.2) is 50.1 Å². The number of hydrogen-bond acceptors (Lipinski definition) is 5. The quantitative estimate of drug-likeness (QED) is 0.481. The Balaban J connectivity index is 3.57. The lowest BCUT2D eigenvalue weighted by molar-refractivity contribution is -0.189. The first-order valence-corrected chi connectivity index (χ1v) is 6.12. The minimum absolute atomic E-state index is 0.0983. The van der Waals surface area contributed by atoms with Gasteiger partial charge in [0.05, 0.1) is 0 Å². The van der Waals surface area contributed by atoms with Crippen LogP contribution in [0.25, 0.3) is 0 Å². The molecule has 21 heavy (non-hydrogen) atoms. The van der Waals surface area contributed by atoms with Crippen molar-refractivity contribution in [2.75, 3.05) is 0 Å². The van der Waals surface area contributed by atoms with Gasteiger partial charge in [-0.25, -0.2) is 0 Å². The fraction of sp³-hybridized carbons (Fsp3) is 0.583. The molecule has 0 saturated heterocycles. The molecular weight excluding hydrogens is 288 g/mol. The van der Waals surface area contributed by atoms with E-state index < -0.39 is 46.9 Å². The monoisotopic (exact) mass is 302 g/mol. The van der Waals surface area contributed by atoms with Crippen LogP contribution in [0.4, 0.5) is 0 Å². The second kappa shape index (κ2) is 5.90. The SMILES string of the molecule is O=C1CCCCC1C(C(=O)O)(C(=O)O)C(C(=O)O)C(=O)O. The van der Waals surface area contributed by atoms with Gasteiger partial charge in [0, 0.05) is 12.3 Å². The summed E-state index contributed by atoms with van der Waals surface area (Å²) in [5, 5.41) is 36.5. The van der Waals surface area contributed by atoms with E-state index in [0.29, 0.717) is 12.8 Å². The van der Waals surface area contributed by atoms with Gasteiger partial charge < -0.3 is 20.4 Å². The summed E-state index contributed by atoms with van der Waals surface area (Å²) in [6.45, 7) is 0. The maximum atomic E-state index is 11.9. The third kappa shape index (κ3) is 2.58. The van der Waals surface area contributed by atoms with Crippen molar-refractivity contribution in [3.8, 4) is 0 Å². The first-order chi connectivity index (χ1) is 9.67. The minimum atomic E-state index is -3.21. The van der Waals surface area contributed by atoms with Crippen molar-refractivity contribution in [2.45, 2.75) is 25.7 Å². The van der Waals surface area contributed by atoms with E-state index in [1.54, 1.807) is 0 Å². The van der Waals surface area contributed by atoms with Gasteiger partial charge in [-0.15, -0.1) is 0 Å². The Hall–Kier alpha value is -2.45. The molecule has 0 bridgehead atoms. The lowest BCUT2D eigenvalue weighted by Gasteiger charge is -2.36. The van der Waals surface area contributed by atoms with Crippen molar-refractivity contribution in [3.63, 3.8) is 0 Å². The van der Waals surface area contributed by atoms with Crippen LogP contribution in [0.1, 0.15) is 25.7 Å². The molecule has 1 fully saturated rings. The van der Waals surface area contributed by atoms with Crippen molar-refractivity contribution in [1.29, 1.82) is 0 Å². The molecule has 9 nitrogen and oxygen atoms in total. The maximum Gasteiger partial charge on any atom is 0.323 e. The molecule has 1 atom stereocenters. The van der Waals surface area contributed by atoms with Gasteiger partial charge in [-0.05, 0) is 12.8 Å². The molecule has 1 aliphatic carbocycles. The van der Waals surface area contributed by atoms with Crippen LogP contribution in [0.3, 0.4) is 0 Å². The van der Waals surface area contributed by atoms with Crippen molar-refractivity contribution < 1.29 is 44.4 Å². The highest BCUT2D eigenvalue weighted by Crippen LogP contribution is 2.43. The molecule has 116 valence electrons. The van der Waals surface area contributed by atoms with Crippen molar-refractivity contribution >= 4 is 29.7 Å². The number of carboxylic acid groups (broad SMARTS) is 4. The molecule has 1 unspecified atom stereocenters. The molecule has 4 N–H and O–H groups in total. The normalized spacial score (nSPS) is 19.3. The highest BCUT2D eigenvalue weighted by molar-refractivity contribution is 6.12. The van der Waals surface area contributed by atoms with Crippen LogP contribution in [0.15, 0.2) is 0 Å². The highest BCUT2D eigenvalue weighted by Gasteiger charge is 2.66. The Morgan fingerprint density at radius 3 is 1.76 bits per heavy atom. The van der Waals surface area contributed by atoms with Gasteiger partial charge in [0.1, 0.15) is 5.78 Å². The maximum absolute atomic E-state index is 11.9. The first kappa shape index (κ1) is 16.6. The third-order valence-corrected chi connectivity index (χ3v) is 3.76. The van der Waals surface area contributed by atoms with E-state index in [9.17, 15) is 34.2 Å². The molecule has 0 aromatic rings. The predicted octanol–water partition coefficient (Wildman–Crippen LogP) is -0.313. The largest absolute Gasteiger partial charge is 0.481 e. The lowest BCUT2D eigenvalue weighted by atomic mass is 9.61. The zero-order valence-electron chi connectivity index (χ0n) is 10.8. The van der Waals surface area contributed by atoms with Crippen LogP contribution in [-0.2, 0) is 24.0 Å². The molecule has 9 heteroatoms. The fourth-order valence-electron chi connectivity index (χ4n) is 2.80. The van der Waals surface area contributed by atoms with E-state index in [1.807, 2.05) is 0 Å². The zero-order chi connectivity index (χ0) is 16.4. The summed E-state index contributed by atoms with van der Waals surface area (Å²) in [6, 6.07) is 0. The average molecular weight is 302 g/mol. The number of hydrogen-bond donors (Lipinski definition) is 4. The number of carbonyl (C=O) groups is 5. The van der Waals surface area contributed by atoms with Gasteiger partial charge in [-0.3, -0.25) is 24.0 Å². The molecule has 1 rings (SSSR count). The fourth-order valence-corrected chi connectivity index (χ4v) is 2.80. The Kier molecular flexibility index (Phi) is 4.66. The van der Waals surface area contributed by atoms with E-state index in [4.69, 9.17) is 10.2 Å². The van der Waals surface area contributed by atoms with Gasteiger partial charge in [-0.2, -0.15) is 0 Å². The Morgan fingerprint density at radius 2 is 1.43 bits per heavy atom. The Labute approximate surface area is 118 Å². The summed E-state index contributed by atoms with van der Waals surface area (Å²) in [7, 11) is 0. The summed E-state index contributed by atoms with van der Waals surface area (Å²) >= 11 is 0. The van der Waals surface area contributed by atoms with E-state index in [2.05, 4.69) is 0 Å². The third-order valence-electron chi connectivity index (χ3n) is 3.76. The van der Waals surface area contributed by atoms with Gasteiger partial charge in [0.2, 0.25) is 0 Å². The van der Waals surface area contributed by atoms with E-state index in [1.165, 1.54) is 0 Å². The smallest absolute Gasteiger partial charge is 0.323 e. The number of Topliss-reactive ketones (excluding diaryl/α,β-unsaturated/α-hetero) is 1. The van der Waals surface area contributed by atoms with Gasteiger partial charge in [0.15, 0.2) is 11.3 Å². The van der Waals surface area contributed by atoms with Crippen LogP contribution in [0, 0.1) is 17.3 Å². The number of rotatable bonds is 6. The molecule has 0 heterocycles. The molecule has 0 amide bonds. The average Bonchev–Trinajstić information content (AvgIpc) is 2.34. The number of carboxylic acids is 4. The van der Waals surface area contributed by atoms with E-state index >= 15 is 0 Å². The second-order valence-corrected chi connectivity index (χ2v) is 4.85. The number of aliphatic carboxylic acids is 4. The number of carbonyl (C=O) groups excluding carboxylic acids is 1. The lowest BCUT2D eigenvalue weighted by Crippen LogP contribution is -2.58. The molecular formula is C12H14O9. The standard InChI is InChI=1S/C12H14O9/c13-6-4-2-1-3-5(6)12(10(18)19,11(20)21)7(8(14)15)9(16)17/h5,7H,1-4H2,(H,14,15)(H,16,17)(H,18,19)(H,20,21). The molecule has 0 aromatic carbocycles. The van der Waals surface area contributed by atoms with Gasteiger partial charge in [0.25, 0.3) is 0 Å². The molecule has 0 radical (unpaired) electrons. The van der Waals surface area contributed by atoms with Crippen LogP contribution < -0.4 is 0 Å². The highest BCUT2D eigenvalue weighted by atomic mass is 16.4. The minimum Gasteiger partial charge on any atom is -0.481 e. The second-order valence-electron chi connectivity index (χ2n) is 4.85. The van der Waals surface area contributed by atoms with E-state index in [-0.39, 0.29) is 12.8 Å². The number of ketones is 1. The first-order valence-electron chi connectivity index (χ1n) is 6.12. The van der Waals surface area contributed by atoms with Crippen LogP contribution >= 0.6 is 0 Å². The summed E-state index contributed by atoms with van der Waals surface area (Å²) in [5.74, 6) is -13.7. The molecule has 0 aromatic heterocycles.